The lowest BCUT2D eigenvalue weighted by atomic mass is 10.1. The van der Waals surface area contributed by atoms with Crippen LogP contribution in [0, 0.1) is 0 Å². The van der Waals surface area contributed by atoms with E-state index in [4.69, 9.17) is 4.74 Å². The van der Waals surface area contributed by atoms with Gasteiger partial charge in [-0.15, -0.1) is 0 Å². The van der Waals surface area contributed by atoms with Gasteiger partial charge < -0.3 is 9.26 Å². The van der Waals surface area contributed by atoms with Crippen LogP contribution in [-0.2, 0) is 22.1 Å². The van der Waals surface area contributed by atoms with Crippen LogP contribution < -0.4 is 0 Å². The first-order chi connectivity index (χ1) is 10.8. The largest absolute Gasteiger partial charge is 0.471 e. The summed E-state index contributed by atoms with van der Waals surface area (Å²) in [5, 5.41) is 3.30. The van der Waals surface area contributed by atoms with E-state index in [-0.39, 0.29) is 30.7 Å². The van der Waals surface area contributed by atoms with Crippen molar-refractivity contribution < 1.29 is 27.2 Å². The van der Waals surface area contributed by atoms with Crippen LogP contribution in [0.15, 0.2) is 28.8 Å². The van der Waals surface area contributed by atoms with Crippen molar-refractivity contribution in [3.8, 4) is 11.4 Å². The van der Waals surface area contributed by atoms with E-state index in [2.05, 4.69) is 14.7 Å². The quantitative estimate of drug-likeness (QED) is 0.814. The van der Waals surface area contributed by atoms with Crippen molar-refractivity contribution in [3.63, 3.8) is 0 Å². The van der Waals surface area contributed by atoms with E-state index in [9.17, 15) is 18.0 Å². The number of alkyl halides is 3. The number of carbonyl (C=O) groups is 1. The number of hydrogen-bond acceptors (Lipinski definition) is 5. The summed E-state index contributed by atoms with van der Waals surface area (Å²) in [5.74, 6) is -1.62. The monoisotopic (exact) mass is 328 g/mol. The van der Waals surface area contributed by atoms with Crippen LogP contribution in [0.3, 0.4) is 0 Å². The van der Waals surface area contributed by atoms with Gasteiger partial charge in [-0.1, -0.05) is 29.4 Å². The minimum absolute atomic E-state index is 0.0256. The molecule has 0 N–H and O–H groups in total. The molecule has 2 rings (SSSR count). The molecule has 0 aliphatic carbocycles. The fourth-order valence-electron chi connectivity index (χ4n) is 1.77. The number of ketones is 1. The molecule has 0 saturated heterocycles. The van der Waals surface area contributed by atoms with E-state index >= 15 is 0 Å². The van der Waals surface area contributed by atoms with Crippen LogP contribution in [0.25, 0.3) is 11.4 Å². The number of aromatic nitrogens is 2. The van der Waals surface area contributed by atoms with Crippen molar-refractivity contribution in [2.24, 2.45) is 0 Å². The molecule has 1 heterocycles. The minimum atomic E-state index is -4.67. The Morgan fingerprint density at radius 2 is 1.91 bits per heavy atom. The fourth-order valence-corrected chi connectivity index (χ4v) is 1.77. The van der Waals surface area contributed by atoms with Crippen molar-refractivity contribution in [3.05, 3.63) is 35.7 Å². The summed E-state index contributed by atoms with van der Waals surface area (Å²) in [6.45, 7) is 3.70. The summed E-state index contributed by atoms with van der Waals surface area (Å²) in [6, 6.07) is 6.34. The zero-order valence-electron chi connectivity index (χ0n) is 12.6. The third kappa shape index (κ3) is 4.88. The lowest BCUT2D eigenvalue weighted by Gasteiger charge is -2.06. The van der Waals surface area contributed by atoms with Crippen LogP contribution in [0.5, 0.6) is 0 Å². The Kier molecular flexibility index (Phi) is 5.15. The van der Waals surface area contributed by atoms with Gasteiger partial charge in [-0.3, -0.25) is 4.79 Å². The summed E-state index contributed by atoms with van der Waals surface area (Å²) in [7, 11) is 0. The SMILES string of the molecule is CC(C)OCC(=O)Cc1ccc(-c2noc(C(F)(F)F)n2)cc1. The molecule has 0 aliphatic heterocycles. The minimum Gasteiger partial charge on any atom is -0.371 e. The van der Waals surface area contributed by atoms with Gasteiger partial charge in [0.2, 0.25) is 5.82 Å². The third-order valence-electron chi connectivity index (χ3n) is 2.86. The van der Waals surface area contributed by atoms with Gasteiger partial charge in [0.05, 0.1) is 6.10 Å². The molecular formula is C15H15F3N2O3. The molecule has 1 aromatic heterocycles. The molecule has 0 atom stereocenters. The fraction of sp³-hybridized carbons (Fsp3) is 0.400. The highest BCUT2D eigenvalue weighted by molar-refractivity contribution is 5.82. The van der Waals surface area contributed by atoms with E-state index in [0.717, 1.165) is 5.56 Å². The number of benzene rings is 1. The van der Waals surface area contributed by atoms with Gasteiger partial charge in [0.25, 0.3) is 0 Å². The first-order valence-corrected chi connectivity index (χ1v) is 6.89. The Balaban J connectivity index is 2.02. The maximum absolute atomic E-state index is 12.4. The maximum atomic E-state index is 12.4. The number of carbonyl (C=O) groups excluding carboxylic acids is 1. The second kappa shape index (κ2) is 6.91. The molecule has 0 amide bonds. The molecule has 0 fully saturated rings. The van der Waals surface area contributed by atoms with Crippen molar-refractivity contribution >= 4 is 5.78 Å². The van der Waals surface area contributed by atoms with E-state index in [1.165, 1.54) is 12.1 Å². The number of rotatable bonds is 6. The van der Waals surface area contributed by atoms with Gasteiger partial charge in [0.1, 0.15) is 6.61 Å². The lowest BCUT2D eigenvalue weighted by molar-refractivity contribution is -0.159. The molecule has 0 saturated carbocycles. The Morgan fingerprint density at radius 3 is 2.43 bits per heavy atom. The predicted molar refractivity (Wildman–Crippen MR) is 74.5 cm³/mol. The number of ether oxygens (including phenoxy) is 1. The molecule has 0 aliphatic rings. The van der Waals surface area contributed by atoms with E-state index in [1.54, 1.807) is 12.1 Å². The van der Waals surface area contributed by atoms with Gasteiger partial charge in [-0.25, -0.2) is 0 Å². The van der Waals surface area contributed by atoms with Crippen LogP contribution in [0.4, 0.5) is 13.2 Å². The number of Topliss-reactive ketones (excluding diaryl/α,β-unsaturated/α-hetero) is 1. The molecule has 5 nitrogen and oxygen atoms in total. The van der Waals surface area contributed by atoms with Crippen molar-refractivity contribution in [2.45, 2.75) is 32.5 Å². The third-order valence-corrected chi connectivity index (χ3v) is 2.86. The molecule has 2 aromatic rings. The van der Waals surface area contributed by atoms with Crippen LogP contribution >= 0.6 is 0 Å². The Morgan fingerprint density at radius 1 is 1.26 bits per heavy atom. The zero-order valence-corrected chi connectivity index (χ0v) is 12.6. The van der Waals surface area contributed by atoms with Crippen LogP contribution in [-0.4, -0.2) is 28.6 Å². The van der Waals surface area contributed by atoms with Gasteiger partial charge in [0, 0.05) is 12.0 Å². The molecule has 8 heteroatoms. The number of halogens is 3. The Hall–Kier alpha value is -2.22. The van der Waals surface area contributed by atoms with Gasteiger partial charge in [-0.05, 0) is 19.4 Å². The molecule has 1 aromatic carbocycles. The van der Waals surface area contributed by atoms with E-state index < -0.39 is 12.1 Å². The van der Waals surface area contributed by atoms with Gasteiger partial charge >= 0.3 is 12.1 Å². The molecule has 124 valence electrons. The molecular weight excluding hydrogens is 313 g/mol. The highest BCUT2D eigenvalue weighted by Crippen LogP contribution is 2.29. The first kappa shape index (κ1) is 17.1. The molecule has 0 radical (unpaired) electrons. The van der Waals surface area contributed by atoms with Gasteiger partial charge in [0.15, 0.2) is 5.78 Å². The lowest BCUT2D eigenvalue weighted by Crippen LogP contribution is -2.15. The van der Waals surface area contributed by atoms with Crippen LogP contribution in [0.2, 0.25) is 0 Å². The Bertz CT molecular complexity index is 663. The smallest absolute Gasteiger partial charge is 0.371 e. The maximum Gasteiger partial charge on any atom is 0.471 e. The standard InChI is InChI=1S/C15H15F3N2O3/c1-9(2)22-8-12(21)7-10-3-5-11(6-4-10)13-19-14(23-20-13)15(16,17)18/h3-6,9H,7-8H2,1-2H3. The molecule has 23 heavy (non-hydrogen) atoms. The molecule has 0 spiro atoms. The van der Waals surface area contributed by atoms with Crippen molar-refractivity contribution in [2.75, 3.05) is 6.61 Å². The van der Waals surface area contributed by atoms with E-state index in [0.29, 0.717) is 5.56 Å². The summed E-state index contributed by atoms with van der Waals surface area (Å²) >= 11 is 0. The Labute approximate surface area is 130 Å². The number of nitrogens with zero attached hydrogens (tertiary/aromatic N) is 2. The number of hydrogen-bond donors (Lipinski definition) is 0. The molecule has 0 bridgehead atoms. The normalized spacial score (nSPS) is 11.9. The average Bonchev–Trinajstić information content (AvgIpc) is 2.96. The van der Waals surface area contributed by atoms with E-state index in [1.807, 2.05) is 13.8 Å². The predicted octanol–water partition coefficient (Wildman–Crippen LogP) is 3.29. The highest BCUT2D eigenvalue weighted by Gasteiger charge is 2.38. The summed E-state index contributed by atoms with van der Waals surface area (Å²) in [6.07, 6.45) is -4.51. The summed E-state index contributed by atoms with van der Waals surface area (Å²) < 4.78 is 46.6. The van der Waals surface area contributed by atoms with Gasteiger partial charge in [-0.2, -0.15) is 18.2 Å². The molecule has 0 unspecified atom stereocenters. The van der Waals surface area contributed by atoms with Crippen LogP contribution in [0.1, 0.15) is 25.3 Å². The second-order valence-electron chi connectivity index (χ2n) is 5.19. The topological polar surface area (TPSA) is 65.2 Å². The average molecular weight is 328 g/mol. The highest BCUT2D eigenvalue weighted by atomic mass is 19.4. The summed E-state index contributed by atoms with van der Waals surface area (Å²) in [5.41, 5.74) is 1.10. The second-order valence-corrected chi connectivity index (χ2v) is 5.19. The first-order valence-electron chi connectivity index (χ1n) is 6.89. The van der Waals surface area contributed by atoms with Crippen molar-refractivity contribution in [1.82, 2.24) is 10.1 Å². The van der Waals surface area contributed by atoms with Crippen molar-refractivity contribution in [1.29, 1.82) is 0 Å². The zero-order chi connectivity index (χ0) is 17.0. The summed E-state index contributed by atoms with van der Waals surface area (Å²) in [4.78, 5) is 15.0.